The topological polar surface area (TPSA) is 64.3 Å². The van der Waals surface area contributed by atoms with E-state index in [9.17, 15) is 0 Å². The second-order valence-corrected chi connectivity index (χ2v) is 5.18. The van der Waals surface area contributed by atoms with Crippen LogP contribution in [0.4, 0.5) is 5.95 Å². The van der Waals surface area contributed by atoms with E-state index < -0.39 is 0 Å². The number of hydrogen-bond donors (Lipinski definition) is 1. The molecular formula is C12H20N4O. The van der Waals surface area contributed by atoms with Gasteiger partial charge in [-0.1, -0.05) is 0 Å². The second kappa shape index (κ2) is 4.58. The van der Waals surface area contributed by atoms with E-state index in [2.05, 4.69) is 28.7 Å². The Balaban J connectivity index is 2.17. The van der Waals surface area contributed by atoms with Crippen molar-refractivity contribution in [2.24, 2.45) is 5.73 Å². The Morgan fingerprint density at radius 1 is 1.47 bits per heavy atom. The lowest BCUT2D eigenvalue weighted by atomic mass is 10.1. The molecule has 1 fully saturated rings. The maximum absolute atomic E-state index is 5.88. The van der Waals surface area contributed by atoms with Crippen LogP contribution in [0.3, 0.4) is 0 Å². The van der Waals surface area contributed by atoms with Crippen LogP contribution in [0.25, 0.3) is 0 Å². The lowest BCUT2D eigenvalue weighted by Crippen LogP contribution is -2.55. The molecular weight excluding hydrogens is 216 g/mol. The molecule has 1 atom stereocenters. The smallest absolute Gasteiger partial charge is 0.225 e. The van der Waals surface area contributed by atoms with Gasteiger partial charge in [0.1, 0.15) is 0 Å². The summed E-state index contributed by atoms with van der Waals surface area (Å²) < 4.78 is 5.88. The van der Waals surface area contributed by atoms with E-state index in [0.717, 1.165) is 24.6 Å². The first kappa shape index (κ1) is 12.3. The molecule has 2 N–H and O–H groups in total. The molecule has 1 aliphatic heterocycles. The summed E-state index contributed by atoms with van der Waals surface area (Å²) in [5.74, 6) is 0.755. The van der Waals surface area contributed by atoms with Crippen LogP contribution in [-0.4, -0.2) is 41.3 Å². The molecule has 94 valence electrons. The zero-order chi connectivity index (χ0) is 12.5. The SMILES string of the molecule is Cc1cnc(N2CC(CN)OC(C)(C)C2)nc1. The zero-order valence-corrected chi connectivity index (χ0v) is 10.7. The van der Waals surface area contributed by atoms with Crippen LogP contribution in [0.5, 0.6) is 0 Å². The van der Waals surface area contributed by atoms with E-state index >= 15 is 0 Å². The van der Waals surface area contributed by atoms with Gasteiger partial charge in [-0.15, -0.1) is 0 Å². The van der Waals surface area contributed by atoms with Gasteiger partial charge < -0.3 is 15.4 Å². The fourth-order valence-corrected chi connectivity index (χ4v) is 2.12. The lowest BCUT2D eigenvalue weighted by molar-refractivity contribution is -0.0792. The Bertz CT molecular complexity index is 377. The highest BCUT2D eigenvalue weighted by atomic mass is 16.5. The molecule has 1 unspecified atom stereocenters. The van der Waals surface area contributed by atoms with Gasteiger partial charge in [0, 0.05) is 32.0 Å². The summed E-state index contributed by atoms with van der Waals surface area (Å²) in [4.78, 5) is 10.8. The van der Waals surface area contributed by atoms with Crippen molar-refractivity contribution in [3.8, 4) is 0 Å². The zero-order valence-electron chi connectivity index (χ0n) is 10.7. The van der Waals surface area contributed by atoms with Crippen molar-refractivity contribution in [3.63, 3.8) is 0 Å². The van der Waals surface area contributed by atoms with Crippen molar-refractivity contribution in [1.82, 2.24) is 9.97 Å². The van der Waals surface area contributed by atoms with Crippen molar-refractivity contribution in [3.05, 3.63) is 18.0 Å². The number of nitrogens with two attached hydrogens (primary N) is 1. The minimum absolute atomic E-state index is 0.0450. The monoisotopic (exact) mass is 236 g/mol. The molecule has 1 saturated heterocycles. The fourth-order valence-electron chi connectivity index (χ4n) is 2.12. The Kier molecular flexibility index (Phi) is 3.31. The number of anilines is 1. The minimum Gasteiger partial charge on any atom is -0.367 e. The van der Waals surface area contributed by atoms with E-state index in [1.54, 1.807) is 0 Å². The van der Waals surface area contributed by atoms with Gasteiger partial charge in [0.15, 0.2) is 0 Å². The highest BCUT2D eigenvalue weighted by molar-refractivity contribution is 5.31. The van der Waals surface area contributed by atoms with E-state index in [4.69, 9.17) is 10.5 Å². The summed E-state index contributed by atoms with van der Waals surface area (Å²) in [5, 5.41) is 0. The Morgan fingerprint density at radius 3 is 2.71 bits per heavy atom. The summed E-state index contributed by atoms with van der Waals surface area (Å²) in [6.45, 7) is 8.17. The summed E-state index contributed by atoms with van der Waals surface area (Å²) in [6, 6.07) is 0. The molecule has 17 heavy (non-hydrogen) atoms. The molecule has 1 aromatic heterocycles. The van der Waals surface area contributed by atoms with Gasteiger partial charge in [-0.2, -0.15) is 0 Å². The quantitative estimate of drug-likeness (QED) is 0.820. The highest BCUT2D eigenvalue weighted by Crippen LogP contribution is 2.23. The molecule has 0 aliphatic carbocycles. The average Bonchev–Trinajstić information content (AvgIpc) is 2.27. The third kappa shape index (κ3) is 2.92. The number of morpholine rings is 1. The summed E-state index contributed by atoms with van der Waals surface area (Å²) in [7, 11) is 0. The van der Waals surface area contributed by atoms with Crippen LogP contribution in [0.2, 0.25) is 0 Å². The molecule has 0 aromatic carbocycles. The molecule has 0 radical (unpaired) electrons. The van der Waals surface area contributed by atoms with Crippen molar-refractivity contribution in [1.29, 1.82) is 0 Å². The first-order valence-electron chi connectivity index (χ1n) is 5.92. The van der Waals surface area contributed by atoms with Crippen molar-refractivity contribution < 1.29 is 4.74 Å². The number of ether oxygens (including phenoxy) is 1. The van der Waals surface area contributed by atoms with Crippen molar-refractivity contribution in [2.45, 2.75) is 32.5 Å². The number of rotatable bonds is 2. The average molecular weight is 236 g/mol. The summed E-state index contributed by atoms with van der Waals surface area (Å²) in [5.41, 5.74) is 6.55. The Labute approximate surface area is 102 Å². The largest absolute Gasteiger partial charge is 0.367 e. The van der Waals surface area contributed by atoms with Crippen LogP contribution in [-0.2, 0) is 4.74 Å². The molecule has 0 spiro atoms. The Hall–Kier alpha value is -1.20. The van der Waals surface area contributed by atoms with E-state index in [-0.39, 0.29) is 11.7 Å². The van der Waals surface area contributed by atoms with Gasteiger partial charge in [-0.25, -0.2) is 9.97 Å². The van der Waals surface area contributed by atoms with Crippen LogP contribution < -0.4 is 10.6 Å². The van der Waals surface area contributed by atoms with Gasteiger partial charge in [0.05, 0.1) is 11.7 Å². The van der Waals surface area contributed by atoms with Crippen LogP contribution in [0.15, 0.2) is 12.4 Å². The van der Waals surface area contributed by atoms with Gasteiger partial charge >= 0.3 is 0 Å². The number of aromatic nitrogens is 2. The van der Waals surface area contributed by atoms with Gasteiger partial charge in [-0.3, -0.25) is 0 Å². The predicted octanol–water partition coefficient (Wildman–Crippen LogP) is 0.728. The maximum atomic E-state index is 5.88. The molecule has 2 heterocycles. The van der Waals surface area contributed by atoms with Crippen LogP contribution >= 0.6 is 0 Å². The first-order valence-corrected chi connectivity index (χ1v) is 5.92. The Morgan fingerprint density at radius 2 is 2.12 bits per heavy atom. The van der Waals surface area contributed by atoms with E-state index in [1.165, 1.54) is 0 Å². The maximum Gasteiger partial charge on any atom is 0.225 e. The predicted molar refractivity (Wildman–Crippen MR) is 67.0 cm³/mol. The molecule has 1 aromatic rings. The minimum atomic E-state index is -0.212. The normalized spacial score (nSPS) is 23.8. The van der Waals surface area contributed by atoms with E-state index in [1.807, 2.05) is 19.3 Å². The third-order valence-electron chi connectivity index (χ3n) is 2.79. The van der Waals surface area contributed by atoms with E-state index in [0.29, 0.717) is 6.54 Å². The third-order valence-corrected chi connectivity index (χ3v) is 2.79. The second-order valence-electron chi connectivity index (χ2n) is 5.18. The van der Waals surface area contributed by atoms with Gasteiger partial charge in [0.2, 0.25) is 5.95 Å². The molecule has 0 bridgehead atoms. The molecule has 0 amide bonds. The van der Waals surface area contributed by atoms with Crippen LogP contribution in [0, 0.1) is 6.92 Å². The van der Waals surface area contributed by atoms with Crippen LogP contribution in [0.1, 0.15) is 19.4 Å². The summed E-state index contributed by atoms with van der Waals surface area (Å²) >= 11 is 0. The number of aryl methyl sites for hydroxylation is 1. The number of hydrogen-bond acceptors (Lipinski definition) is 5. The van der Waals surface area contributed by atoms with Crippen molar-refractivity contribution in [2.75, 3.05) is 24.5 Å². The molecule has 0 saturated carbocycles. The fraction of sp³-hybridized carbons (Fsp3) is 0.667. The molecule has 5 nitrogen and oxygen atoms in total. The molecule has 1 aliphatic rings. The highest BCUT2D eigenvalue weighted by Gasteiger charge is 2.33. The molecule has 2 rings (SSSR count). The van der Waals surface area contributed by atoms with Gasteiger partial charge in [0.25, 0.3) is 0 Å². The molecule has 5 heteroatoms. The first-order chi connectivity index (χ1) is 8.00. The standard InChI is InChI=1S/C12H20N4O/c1-9-5-14-11(15-6-9)16-7-10(4-13)17-12(2,3)8-16/h5-6,10H,4,7-8,13H2,1-3H3. The lowest BCUT2D eigenvalue weighted by Gasteiger charge is -2.42. The number of nitrogens with zero attached hydrogens (tertiary/aromatic N) is 3. The summed E-state index contributed by atoms with van der Waals surface area (Å²) in [6.07, 6.45) is 3.72. The van der Waals surface area contributed by atoms with Crippen molar-refractivity contribution >= 4 is 5.95 Å². The van der Waals surface area contributed by atoms with Gasteiger partial charge in [-0.05, 0) is 26.3 Å².